The largest absolute Gasteiger partial charge is 0.510 e. The number of nitrogens with two attached hydrogens (primary N) is 1. The molecule has 1 aromatic rings. The summed E-state index contributed by atoms with van der Waals surface area (Å²) in [4.78, 5) is 52.9. The van der Waals surface area contributed by atoms with E-state index in [0.29, 0.717) is 18.0 Å². The number of anilines is 1. The molecular formula is C27H36Cl2N4O8. The van der Waals surface area contributed by atoms with E-state index in [1.165, 1.54) is 11.0 Å². The van der Waals surface area contributed by atoms with Crippen LogP contribution >= 0.6 is 24.8 Å². The van der Waals surface area contributed by atoms with E-state index in [4.69, 9.17) is 5.73 Å². The van der Waals surface area contributed by atoms with Crippen LogP contribution in [0.15, 0.2) is 34.8 Å². The predicted molar refractivity (Wildman–Crippen MR) is 155 cm³/mol. The molecule has 0 bridgehead atoms. The number of Topliss-reactive ketones (excluding diaryl/α,β-unsaturated/α-hetero) is 2. The van der Waals surface area contributed by atoms with Crippen molar-refractivity contribution in [3.05, 3.63) is 45.9 Å². The molecule has 0 radical (unpaired) electrons. The number of allylic oxidation sites excluding steroid dienone is 1. The Kier molecular flexibility index (Phi) is 10.3. The molecule has 3 unspecified atom stereocenters. The molecule has 0 aromatic heterocycles. The summed E-state index contributed by atoms with van der Waals surface area (Å²) in [5.74, 6) is -7.30. The number of phenolic OH excluding ortho intramolecular Hbond substituents is 1. The Morgan fingerprint density at radius 3 is 2.34 bits per heavy atom. The lowest BCUT2D eigenvalue weighted by Crippen LogP contribution is -2.63. The van der Waals surface area contributed by atoms with Crippen LogP contribution in [0, 0.1) is 17.8 Å². The number of hydrogen-bond donors (Lipinski definition) is 7. The van der Waals surface area contributed by atoms with Gasteiger partial charge in [-0.15, -0.1) is 24.8 Å². The first-order chi connectivity index (χ1) is 18.2. The molecule has 2 amide bonds. The zero-order chi connectivity index (χ0) is 29.0. The average molecular weight is 616 g/mol. The molecule has 0 heterocycles. The second-order valence-corrected chi connectivity index (χ2v) is 11.0. The van der Waals surface area contributed by atoms with E-state index in [9.17, 15) is 39.6 Å². The Balaban J connectivity index is 0.00000294. The minimum absolute atomic E-state index is 0. The number of amides is 2. The van der Waals surface area contributed by atoms with Crippen LogP contribution in [-0.4, -0.2) is 87.5 Å². The summed E-state index contributed by atoms with van der Waals surface area (Å²) in [5, 5.41) is 50.2. The third-order valence-electron chi connectivity index (χ3n) is 7.71. The summed E-state index contributed by atoms with van der Waals surface area (Å²) in [7, 11) is 3.14. The van der Waals surface area contributed by atoms with Crippen LogP contribution in [0.5, 0.6) is 5.75 Å². The maximum Gasteiger partial charge on any atom is 0.255 e. The van der Waals surface area contributed by atoms with Gasteiger partial charge < -0.3 is 36.8 Å². The van der Waals surface area contributed by atoms with E-state index in [1.54, 1.807) is 20.2 Å². The van der Waals surface area contributed by atoms with Gasteiger partial charge in [0.15, 0.2) is 17.1 Å². The number of benzene rings is 1. The summed E-state index contributed by atoms with van der Waals surface area (Å²) in [6.07, 6.45) is 0.179. The monoisotopic (exact) mass is 614 g/mol. The molecular weight excluding hydrogens is 579 g/mol. The fourth-order valence-corrected chi connectivity index (χ4v) is 5.99. The van der Waals surface area contributed by atoms with Gasteiger partial charge in [-0.1, -0.05) is 19.9 Å². The number of hydrogen-bond acceptors (Lipinski definition) is 10. The number of nitrogens with zero attached hydrogens (tertiary/aromatic N) is 1. The molecule has 0 saturated heterocycles. The number of aliphatic hydroxyl groups is 3. The second kappa shape index (κ2) is 12.4. The van der Waals surface area contributed by atoms with Gasteiger partial charge in [-0.05, 0) is 56.9 Å². The number of fused-ring (bicyclic) bond motifs is 3. The summed E-state index contributed by atoms with van der Waals surface area (Å²) >= 11 is 0. The molecule has 0 aliphatic heterocycles. The fourth-order valence-electron chi connectivity index (χ4n) is 5.99. The van der Waals surface area contributed by atoms with Crippen molar-refractivity contribution in [1.82, 2.24) is 10.2 Å². The highest BCUT2D eigenvalue weighted by Crippen LogP contribution is 2.52. The SMILES string of the molecule is CC(C)CNCC(=O)Nc1ccc2c(c1O)C(=O)C1=C(O)C3(O)C(=O)C(C(N)=O)=C(O)[C@@H](N(C)C)C3CC1C2.Cl.Cl. The minimum atomic E-state index is -2.70. The first-order valence-corrected chi connectivity index (χ1v) is 12.7. The number of nitrogens with one attached hydrogen (secondary N) is 2. The first kappa shape index (κ1) is 34.0. The number of carbonyl (C=O) groups is 4. The molecule has 0 spiro atoms. The third-order valence-corrected chi connectivity index (χ3v) is 7.71. The minimum Gasteiger partial charge on any atom is -0.510 e. The number of aliphatic hydroxyl groups excluding tert-OH is 2. The maximum atomic E-state index is 13.7. The number of rotatable bonds is 7. The van der Waals surface area contributed by atoms with E-state index < -0.39 is 69.7 Å². The fraction of sp³-hybridized carbons (Fsp3) is 0.481. The predicted octanol–water partition coefficient (Wildman–Crippen LogP) is 1.15. The number of aromatic hydroxyl groups is 1. The number of primary amides is 1. The van der Waals surface area contributed by atoms with Gasteiger partial charge in [0.2, 0.25) is 11.7 Å². The van der Waals surface area contributed by atoms with E-state index in [0.717, 1.165) is 0 Å². The van der Waals surface area contributed by atoms with Crippen LogP contribution < -0.4 is 16.4 Å². The molecule has 226 valence electrons. The summed E-state index contributed by atoms with van der Waals surface area (Å²) in [6.45, 7) is 4.58. The van der Waals surface area contributed by atoms with E-state index >= 15 is 0 Å². The van der Waals surface area contributed by atoms with Crippen LogP contribution in [0.2, 0.25) is 0 Å². The molecule has 14 heteroatoms. The van der Waals surface area contributed by atoms with Gasteiger partial charge in [0.25, 0.3) is 5.91 Å². The Morgan fingerprint density at radius 2 is 1.78 bits per heavy atom. The molecule has 3 aliphatic rings. The van der Waals surface area contributed by atoms with Gasteiger partial charge in [-0.3, -0.25) is 24.1 Å². The molecule has 41 heavy (non-hydrogen) atoms. The zero-order valence-corrected chi connectivity index (χ0v) is 24.7. The maximum absolute atomic E-state index is 13.7. The average Bonchev–Trinajstić information content (AvgIpc) is 2.82. The van der Waals surface area contributed by atoms with Gasteiger partial charge in [0.1, 0.15) is 17.1 Å². The molecule has 3 aliphatic carbocycles. The topological polar surface area (TPSA) is 203 Å². The van der Waals surface area contributed by atoms with Crippen molar-refractivity contribution in [1.29, 1.82) is 0 Å². The summed E-state index contributed by atoms with van der Waals surface area (Å²) < 4.78 is 0. The van der Waals surface area contributed by atoms with Crippen LogP contribution in [-0.2, 0) is 20.8 Å². The quantitative estimate of drug-likeness (QED) is 0.172. The van der Waals surface area contributed by atoms with Crippen molar-refractivity contribution in [2.75, 3.05) is 32.5 Å². The highest BCUT2D eigenvalue weighted by atomic mass is 35.5. The number of halogens is 2. The van der Waals surface area contributed by atoms with Crippen molar-refractivity contribution < 1.29 is 39.6 Å². The number of ketones is 2. The Labute approximate surface area is 249 Å². The van der Waals surface area contributed by atoms with Gasteiger partial charge in [-0.25, -0.2) is 0 Å². The first-order valence-electron chi connectivity index (χ1n) is 12.7. The van der Waals surface area contributed by atoms with Gasteiger partial charge in [-0.2, -0.15) is 0 Å². The number of likely N-dealkylation sites (N-methyl/N-ethyl adjacent to an activating group) is 1. The lowest BCUT2D eigenvalue weighted by atomic mass is 9.58. The number of carbonyl (C=O) groups excluding carboxylic acids is 4. The Hall–Kier alpha value is -3.16. The normalized spacial score (nSPS) is 25.2. The number of phenols is 1. The lowest BCUT2D eigenvalue weighted by molar-refractivity contribution is -0.148. The molecule has 4 atom stereocenters. The second-order valence-electron chi connectivity index (χ2n) is 11.0. The molecule has 1 aromatic carbocycles. The van der Waals surface area contributed by atoms with Crippen LogP contribution in [0.1, 0.15) is 36.2 Å². The van der Waals surface area contributed by atoms with E-state index in [-0.39, 0.29) is 61.0 Å². The molecule has 12 nitrogen and oxygen atoms in total. The molecule has 4 rings (SSSR count). The van der Waals surface area contributed by atoms with Crippen molar-refractivity contribution in [2.24, 2.45) is 23.5 Å². The van der Waals surface area contributed by atoms with Crippen LogP contribution in [0.4, 0.5) is 5.69 Å². The Morgan fingerprint density at radius 1 is 1.15 bits per heavy atom. The highest BCUT2D eigenvalue weighted by Gasteiger charge is 2.63. The van der Waals surface area contributed by atoms with Crippen LogP contribution in [0.25, 0.3) is 0 Å². The van der Waals surface area contributed by atoms with Gasteiger partial charge in [0.05, 0.1) is 23.8 Å². The van der Waals surface area contributed by atoms with Crippen molar-refractivity contribution in [3.63, 3.8) is 0 Å². The molecule has 0 saturated carbocycles. The Bertz CT molecular complexity index is 1340. The summed E-state index contributed by atoms with van der Waals surface area (Å²) in [6, 6.07) is 2.03. The van der Waals surface area contributed by atoms with Gasteiger partial charge >= 0.3 is 0 Å². The zero-order valence-electron chi connectivity index (χ0n) is 23.1. The molecule has 8 N–H and O–H groups in total. The van der Waals surface area contributed by atoms with E-state index in [2.05, 4.69) is 10.6 Å². The lowest BCUT2D eigenvalue weighted by Gasteiger charge is -2.50. The third kappa shape index (κ3) is 5.54. The molecule has 0 fully saturated rings. The standard InChI is InChI=1S/C27H34N4O8.2ClH/c1-11(2)9-29-10-16(32)30-15-6-5-12-7-13-8-14-20(31(3)4)23(35)19(26(28)38)25(37)27(14,39)24(36)18(13)22(34)17(12)21(15)33;;/h5-6,11,13-14,20,29,33,35-36,39H,7-10H2,1-4H3,(H2,28,38)(H,30,32);2*1H/t13?,14?,20-,27?;;/m0../s1. The van der Waals surface area contributed by atoms with Crippen molar-refractivity contribution in [3.8, 4) is 5.75 Å². The van der Waals surface area contributed by atoms with Crippen molar-refractivity contribution >= 4 is 53.9 Å². The highest BCUT2D eigenvalue weighted by molar-refractivity contribution is 6.25. The van der Waals surface area contributed by atoms with Crippen LogP contribution in [0.3, 0.4) is 0 Å². The van der Waals surface area contributed by atoms with Gasteiger partial charge in [0, 0.05) is 11.5 Å². The smallest absolute Gasteiger partial charge is 0.255 e. The van der Waals surface area contributed by atoms with E-state index in [1.807, 2.05) is 13.8 Å². The summed E-state index contributed by atoms with van der Waals surface area (Å²) in [5.41, 5.74) is 1.81. The van der Waals surface area contributed by atoms with Crippen molar-refractivity contribution in [2.45, 2.75) is 38.3 Å².